The minimum absolute atomic E-state index is 0.00974. The highest BCUT2D eigenvalue weighted by atomic mass is 19.4. The molecule has 26 heavy (non-hydrogen) atoms. The topological polar surface area (TPSA) is 70.1 Å². The fourth-order valence-corrected chi connectivity index (χ4v) is 2.80. The molecule has 144 valence electrons. The summed E-state index contributed by atoms with van der Waals surface area (Å²) in [5.74, 6) is -1.14. The van der Waals surface area contributed by atoms with Crippen LogP contribution in [0.4, 0.5) is 13.2 Å². The maximum atomic E-state index is 12.6. The molecule has 0 saturated carbocycles. The van der Waals surface area contributed by atoms with Crippen LogP contribution >= 0.6 is 0 Å². The van der Waals surface area contributed by atoms with Crippen molar-refractivity contribution in [1.82, 2.24) is 9.80 Å². The van der Waals surface area contributed by atoms with E-state index in [0.717, 1.165) is 12.1 Å². The number of rotatable bonds is 6. The molecule has 0 aromatic heterocycles. The van der Waals surface area contributed by atoms with Crippen molar-refractivity contribution in [2.24, 2.45) is 0 Å². The SMILES string of the molecule is CN(CC(=O)O)C[C@H]1CN(C(=O)Cc2ccc(C(F)(F)F)cc2)CCO1. The lowest BCUT2D eigenvalue weighted by Crippen LogP contribution is -2.50. The van der Waals surface area contributed by atoms with Crippen molar-refractivity contribution in [3.63, 3.8) is 0 Å². The standard InChI is InChI=1S/C17H21F3N2O4/c1-21(11-16(24)25)9-14-10-22(6-7-26-14)15(23)8-12-2-4-13(5-3-12)17(18,19)20/h2-5,14H,6-11H2,1H3,(H,24,25)/t14-/m0/s1. The molecule has 0 aliphatic carbocycles. The van der Waals surface area contributed by atoms with E-state index in [1.54, 1.807) is 16.8 Å². The quantitative estimate of drug-likeness (QED) is 0.817. The molecule has 0 bridgehead atoms. The number of ether oxygens (including phenoxy) is 1. The first kappa shape index (κ1) is 20.2. The van der Waals surface area contributed by atoms with E-state index in [4.69, 9.17) is 9.84 Å². The molecule has 9 heteroatoms. The van der Waals surface area contributed by atoms with Gasteiger partial charge in [-0.25, -0.2) is 0 Å². The van der Waals surface area contributed by atoms with Gasteiger partial charge >= 0.3 is 12.1 Å². The van der Waals surface area contributed by atoms with Gasteiger partial charge in [-0.15, -0.1) is 0 Å². The zero-order chi connectivity index (χ0) is 19.3. The highest BCUT2D eigenvalue weighted by Crippen LogP contribution is 2.29. The molecule has 1 amide bonds. The monoisotopic (exact) mass is 374 g/mol. The summed E-state index contributed by atoms with van der Waals surface area (Å²) >= 11 is 0. The molecule has 1 heterocycles. The summed E-state index contributed by atoms with van der Waals surface area (Å²) in [5.41, 5.74) is -0.240. The van der Waals surface area contributed by atoms with Gasteiger partial charge in [0.25, 0.3) is 0 Å². The molecule has 1 aromatic rings. The number of halogens is 3. The van der Waals surface area contributed by atoms with E-state index < -0.39 is 17.7 Å². The molecular formula is C17H21F3N2O4. The van der Waals surface area contributed by atoms with E-state index in [0.29, 0.717) is 31.8 Å². The Balaban J connectivity index is 1.89. The third kappa shape index (κ3) is 5.99. The van der Waals surface area contributed by atoms with Crippen LogP contribution < -0.4 is 0 Å². The second-order valence-electron chi connectivity index (χ2n) is 6.29. The first-order chi connectivity index (χ1) is 12.1. The molecule has 0 radical (unpaired) electrons. The van der Waals surface area contributed by atoms with E-state index in [2.05, 4.69) is 0 Å². The molecule has 1 N–H and O–H groups in total. The number of aliphatic carboxylic acids is 1. The molecule has 1 aromatic carbocycles. The number of carbonyl (C=O) groups excluding carboxylic acids is 1. The minimum Gasteiger partial charge on any atom is -0.480 e. The van der Waals surface area contributed by atoms with Gasteiger partial charge in [0.2, 0.25) is 5.91 Å². The zero-order valence-corrected chi connectivity index (χ0v) is 14.3. The molecule has 1 aliphatic heterocycles. The summed E-state index contributed by atoms with van der Waals surface area (Å²) in [7, 11) is 1.65. The first-order valence-corrected chi connectivity index (χ1v) is 8.11. The van der Waals surface area contributed by atoms with Crippen molar-refractivity contribution in [3.05, 3.63) is 35.4 Å². The Kier molecular flexibility index (Phi) is 6.60. The van der Waals surface area contributed by atoms with Crippen molar-refractivity contribution in [2.45, 2.75) is 18.7 Å². The molecular weight excluding hydrogens is 353 g/mol. The van der Waals surface area contributed by atoms with Gasteiger partial charge in [-0.05, 0) is 24.7 Å². The Hall–Kier alpha value is -2.13. The van der Waals surface area contributed by atoms with Crippen molar-refractivity contribution < 1.29 is 32.6 Å². The fraction of sp³-hybridized carbons (Fsp3) is 0.529. The van der Waals surface area contributed by atoms with E-state index in [1.165, 1.54) is 12.1 Å². The summed E-state index contributed by atoms with van der Waals surface area (Å²) in [5, 5.41) is 8.77. The van der Waals surface area contributed by atoms with Gasteiger partial charge in [-0.3, -0.25) is 14.5 Å². The highest BCUT2D eigenvalue weighted by Gasteiger charge is 2.30. The number of nitrogens with zero attached hydrogens (tertiary/aromatic N) is 2. The van der Waals surface area contributed by atoms with Crippen LogP contribution in [-0.4, -0.2) is 72.7 Å². The van der Waals surface area contributed by atoms with Crippen molar-refractivity contribution in [3.8, 4) is 0 Å². The van der Waals surface area contributed by atoms with Gasteiger partial charge in [0, 0.05) is 19.6 Å². The van der Waals surface area contributed by atoms with Gasteiger partial charge < -0.3 is 14.7 Å². The second-order valence-corrected chi connectivity index (χ2v) is 6.29. The molecule has 1 aliphatic rings. The Morgan fingerprint density at radius 3 is 2.54 bits per heavy atom. The zero-order valence-electron chi connectivity index (χ0n) is 14.3. The van der Waals surface area contributed by atoms with E-state index in [9.17, 15) is 22.8 Å². The normalized spacial score (nSPS) is 18.2. The fourth-order valence-electron chi connectivity index (χ4n) is 2.80. The number of likely N-dealkylation sites (N-methyl/N-ethyl adjacent to an activating group) is 1. The highest BCUT2D eigenvalue weighted by molar-refractivity contribution is 5.79. The van der Waals surface area contributed by atoms with Crippen molar-refractivity contribution in [2.75, 3.05) is 39.8 Å². The van der Waals surface area contributed by atoms with Crippen LogP contribution in [0.2, 0.25) is 0 Å². The van der Waals surface area contributed by atoms with Crippen LogP contribution in [0.25, 0.3) is 0 Å². The van der Waals surface area contributed by atoms with Crippen molar-refractivity contribution >= 4 is 11.9 Å². The summed E-state index contributed by atoms with van der Waals surface area (Å²) in [4.78, 5) is 26.3. The average molecular weight is 374 g/mol. The first-order valence-electron chi connectivity index (χ1n) is 8.11. The lowest BCUT2D eigenvalue weighted by molar-refractivity contribution is -0.142. The van der Waals surface area contributed by atoms with Gasteiger partial charge in [-0.1, -0.05) is 12.1 Å². The summed E-state index contributed by atoms with van der Waals surface area (Å²) < 4.78 is 43.3. The number of carbonyl (C=O) groups is 2. The predicted molar refractivity (Wildman–Crippen MR) is 86.6 cm³/mol. The molecule has 6 nitrogen and oxygen atoms in total. The number of hydrogen-bond donors (Lipinski definition) is 1. The predicted octanol–water partition coefficient (Wildman–Crippen LogP) is 1.49. The number of carboxylic acid groups (broad SMARTS) is 1. The number of amides is 1. The lowest BCUT2D eigenvalue weighted by atomic mass is 10.1. The van der Waals surface area contributed by atoms with Gasteiger partial charge in [0.05, 0.1) is 31.2 Å². The summed E-state index contributed by atoms with van der Waals surface area (Å²) in [6, 6.07) is 4.54. The largest absolute Gasteiger partial charge is 0.480 e. The third-order valence-electron chi connectivity index (χ3n) is 4.05. The Morgan fingerprint density at radius 2 is 1.96 bits per heavy atom. The van der Waals surface area contributed by atoms with E-state index >= 15 is 0 Å². The Labute approximate surface area is 149 Å². The van der Waals surface area contributed by atoms with Crippen LogP contribution in [0, 0.1) is 0 Å². The maximum Gasteiger partial charge on any atom is 0.416 e. The van der Waals surface area contributed by atoms with Gasteiger partial charge in [0.15, 0.2) is 0 Å². The summed E-state index contributed by atoms with van der Waals surface area (Å²) in [6.07, 6.45) is -4.69. The number of carboxylic acids is 1. The third-order valence-corrected chi connectivity index (χ3v) is 4.05. The molecule has 1 atom stereocenters. The lowest BCUT2D eigenvalue weighted by Gasteiger charge is -2.34. The number of alkyl halides is 3. The minimum atomic E-state index is -4.40. The number of hydrogen-bond acceptors (Lipinski definition) is 4. The smallest absolute Gasteiger partial charge is 0.416 e. The number of morpholine rings is 1. The molecule has 1 saturated heterocycles. The van der Waals surface area contributed by atoms with Crippen LogP contribution in [0.1, 0.15) is 11.1 Å². The van der Waals surface area contributed by atoms with Crippen LogP contribution in [0.15, 0.2) is 24.3 Å². The number of benzene rings is 1. The van der Waals surface area contributed by atoms with Gasteiger partial charge in [0.1, 0.15) is 0 Å². The van der Waals surface area contributed by atoms with Crippen LogP contribution in [0.5, 0.6) is 0 Å². The van der Waals surface area contributed by atoms with Gasteiger partial charge in [-0.2, -0.15) is 13.2 Å². The molecule has 0 spiro atoms. The van der Waals surface area contributed by atoms with E-state index in [-0.39, 0.29) is 25.0 Å². The second kappa shape index (κ2) is 8.50. The average Bonchev–Trinajstić information content (AvgIpc) is 2.54. The molecule has 2 rings (SSSR count). The maximum absolute atomic E-state index is 12.6. The Bertz CT molecular complexity index is 634. The van der Waals surface area contributed by atoms with Crippen LogP contribution in [-0.2, 0) is 26.9 Å². The summed E-state index contributed by atoms with van der Waals surface area (Å²) in [6.45, 7) is 1.31. The van der Waals surface area contributed by atoms with Crippen LogP contribution in [0.3, 0.4) is 0 Å². The molecule has 0 unspecified atom stereocenters. The van der Waals surface area contributed by atoms with E-state index in [1.807, 2.05) is 0 Å². The van der Waals surface area contributed by atoms with Crippen molar-refractivity contribution in [1.29, 1.82) is 0 Å². The molecule has 1 fully saturated rings. The Morgan fingerprint density at radius 1 is 1.31 bits per heavy atom.